The molecule has 28 heavy (non-hydrogen) atoms. The third kappa shape index (κ3) is 4.10. The van der Waals surface area contributed by atoms with E-state index in [2.05, 4.69) is 15.0 Å². The van der Waals surface area contributed by atoms with Crippen LogP contribution in [0.3, 0.4) is 0 Å². The number of carbonyl (C=O) groups excluding carboxylic acids is 1. The summed E-state index contributed by atoms with van der Waals surface area (Å²) in [7, 11) is 0. The molecule has 3 aromatic carbocycles. The lowest BCUT2D eigenvalue weighted by Gasteiger charge is -2.08. The van der Waals surface area contributed by atoms with Crippen LogP contribution in [0, 0.1) is 0 Å². The van der Waals surface area contributed by atoms with Crippen LogP contribution in [-0.4, -0.2) is 20.9 Å². The first kappa shape index (κ1) is 17.5. The smallest absolute Gasteiger partial charge is 0.376 e. The van der Waals surface area contributed by atoms with Crippen LogP contribution in [0.15, 0.2) is 91.0 Å². The molecule has 0 fully saturated rings. The first-order chi connectivity index (χ1) is 13.8. The van der Waals surface area contributed by atoms with Gasteiger partial charge in [-0.05, 0) is 5.56 Å². The van der Waals surface area contributed by atoms with Gasteiger partial charge in [0.2, 0.25) is 5.82 Å². The van der Waals surface area contributed by atoms with Crippen molar-refractivity contribution in [2.24, 2.45) is 0 Å². The third-order valence-electron chi connectivity index (χ3n) is 4.09. The van der Waals surface area contributed by atoms with Gasteiger partial charge in [-0.25, -0.2) is 19.7 Å². The van der Waals surface area contributed by atoms with Gasteiger partial charge < -0.3 is 4.74 Å². The molecule has 0 saturated heterocycles. The molecule has 0 aliphatic carbocycles. The summed E-state index contributed by atoms with van der Waals surface area (Å²) in [4.78, 5) is 25.8. The van der Waals surface area contributed by atoms with Crippen molar-refractivity contribution < 1.29 is 9.53 Å². The van der Waals surface area contributed by atoms with Crippen molar-refractivity contribution in [2.45, 2.75) is 6.61 Å². The average Bonchev–Trinajstić information content (AvgIpc) is 2.79. The summed E-state index contributed by atoms with van der Waals surface area (Å²) in [5.74, 6) is 0.270. The summed E-state index contributed by atoms with van der Waals surface area (Å²) in [5, 5.41) is 0. The van der Waals surface area contributed by atoms with Crippen molar-refractivity contribution in [2.75, 3.05) is 0 Å². The number of hydrogen-bond acceptors (Lipinski definition) is 5. The molecule has 1 heterocycles. The van der Waals surface area contributed by atoms with E-state index in [4.69, 9.17) is 4.74 Å². The van der Waals surface area contributed by atoms with Gasteiger partial charge in [0.05, 0.1) is 0 Å². The van der Waals surface area contributed by atoms with Crippen molar-refractivity contribution in [3.8, 4) is 22.8 Å². The van der Waals surface area contributed by atoms with Crippen LogP contribution in [0.25, 0.3) is 22.8 Å². The zero-order chi connectivity index (χ0) is 19.2. The van der Waals surface area contributed by atoms with E-state index in [0.29, 0.717) is 11.6 Å². The van der Waals surface area contributed by atoms with Crippen LogP contribution in [0.4, 0.5) is 0 Å². The molecule has 0 aliphatic heterocycles. The maximum Gasteiger partial charge on any atom is 0.376 e. The highest BCUT2D eigenvalue weighted by Gasteiger charge is 2.17. The molecule has 0 bridgehead atoms. The van der Waals surface area contributed by atoms with E-state index in [1.807, 2.05) is 91.0 Å². The van der Waals surface area contributed by atoms with Gasteiger partial charge >= 0.3 is 5.97 Å². The standard InChI is InChI=1S/C23H17N3O2/c27-23(28-16-17-10-4-1-5-11-17)22-25-20(18-12-6-2-7-13-18)24-21(26-22)19-14-8-3-9-15-19/h1-15H,16H2. The third-order valence-corrected chi connectivity index (χ3v) is 4.09. The average molecular weight is 367 g/mol. The zero-order valence-corrected chi connectivity index (χ0v) is 15.0. The molecule has 0 amide bonds. The molecule has 4 rings (SSSR count). The van der Waals surface area contributed by atoms with Crippen LogP contribution in [-0.2, 0) is 11.3 Å². The zero-order valence-electron chi connectivity index (χ0n) is 15.0. The van der Waals surface area contributed by atoms with E-state index >= 15 is 0 Å². The van der Waals surface area contributed by atoms with Crippen LogP contribution < -0.4 is 0 Å². The number of carbonyl (C=O) groups is 1. The van der Waals surface area contributed by atoms with Crippen molar-refractivity contribution in [3.05, 3.63) is 102 Å². The summed E-state index contributed by atoms with van der Waals surface area (Å²) < 4.78 is 5.40. The Kier molecular flexibility index (Phi) is 5.15. The van der Waals surface area contributed by atoms with E-state index < -0.39 is 5.97 Å². The van der Waals surface area contributed by atoms with Gasteiger partial charge in [0.1, 0.15) is 6.61 Å². The maximum absolute atomic E-state index is 12.6. The predicted molar refractivity (Wildman–Crippen MR) is 106 cm³/mol. The van der Waals surface area contributed by atoms with Crippen LogP contribution >= 0.6 is 0 Å². The molecular weight excluding hydrogens is 350 g/mol. The fourth-order valence-electron chi connectivity index (χ4n) is 2.69. The molecule has 0 saturated carbocycles. The number of benzene rings is 3. The van der Waals surface area contributed by atoms with Gasteiger partial charge in [-0.3, -0.25) is 0 Å². The second kappa shape index (κ2) is 8.22. The van der Waals surface area contributed by atoms with Crippen LogP contribution in [0.2, 0.25) is 0 Å². The number of esters is 1. The molecule has 136 valence electrons. The fraction of sp³-hybridized carbons (Fsp3) is 0.0435. The first-order valence-corrected chi connectivity index (χ1v) is 8.87. The predicted octanol–water partition coefficient (Wildman–Crippen LogP) is 4.56. The number of ether oxygens (including phenoxy) is 1. The lowest BCUT2D eigenvalue weighted by Crippen LogP contribution is -2.12. The maximum atomic E-state index is 12.6. The van der Waals surface area contributed by atoms with Gasteiger partial charge in [-0.1, -0.05) is 91.0 Å². The Morgan fingerprint density at radius 1 is 0.643 bits per heavy atom. The Bertz CT molecular complexity index is 1010. The highest BCUT2D eigenvalue weighted by Crippen LogP contribution is 2.20. The Labute approximate surface area is 162 Å². The minimum absolute atomic E-state index is 0.0105. The summed E-state index contributed by atoms with van der Waals surface area (Å²) in [5.41, 5.74) is 2.51. The molecule has 0 unspecified atom stereocenters. The van der Waals surface area contributed by atoms with E-state index in [1.165, 1.54) is 0 Å². The lowest BCUT2D eigenvalue weighted by molar-refractivity contribution is 0.0458. The normalized spacial score (nSPS) is 10.4. The van der Waals surface area contributed by atoms with Crippen molar-refractivity contribution >= 4 is 5.97 Å². The van der Waals surface area contributed by atoms with E-state index in [9.17, 15) is 4.79 Å². The lowest BCUT2D eigenvalue weighted by atomic mass is 10.2. The van der Waals surface area contributed by atoms with Gasteiger partial charge in [0.25, 0.3) is 0 Å². The molecule has 5 heteroatoms. The summed E-state index contributed by atoms with van der Waals surface area (Å²) in [6, 6.07) is 28.5. The van der Waals surface area contributed by atoms with Gasteiger partial charge in [-0.15, -0.1) is 0 Å². The van der Waals surface area contributed by atoms with Crippen molar-refractivity contribution in [1.29, 1.82) is 0 Å². The van der Waals surface area contributed by atoms with E-state index in [0.717, 1.165) is 16.7 Å². The minimum atomic E-state index is -0.583. The molecule has 0 N–H and O–H groups in total. The van der Waals surface area contributed by atoms with Crippen molar-refractivity contribution in [3.63, 3.8) is 0 Å². The summed E-state index contributed by atoms with van der Waals surface area (Å²) >= 11 is 0. The van der Waals surface area contributed by atoms with Crippen LogP contribution in [0.5, 0.6) is 0 Å². The Hall–Kier alpha value is -3.86. The molecule has 0 atom stereocenters. The molecule has 0 radical (unpaired) electrons. The Balaban J connectivity index is 1.68. The molecule has 4 aromatic rings. The molecule has 0 spiro atoms. The van der Waals surface area contributed by atoms with Crippen LogP contribution in [0.1, 0.15) is 16.2 Å². The Morgan fingerprint density at radius 3 is 1.61 bits per heavy atom. The molecule has 1 aromatic heterocycles. The SMILES string of the molecule is O=C(OCc1ccccc1)c1nc(-c2ccccc2)nc(-c2ccccc2)n1. The number of nitrogens with zero attached hydrogens (tertiary/aromatic N) is 3. The molecule has 0 aliphatic rings. The first-order valence-electron chi connectivity index (χ1n) is 8.87. The monoisotopic (exact) mass is 367 g/mol. The number of rotatable bonds is 5. The molecular formula is C23H17N3O2. The van der Waals surface area contributed by atoms with Gasteiger partial charge in [0, 0.05) is 11.1 Å². The highest BCUT2D eigenvalue weighted by molar-refractivity contribution is 5.86. The quantitative estimate of drug-likeness (QED) is 0.484. The summed E-state index contributed by atoms with van der Waals surface area (Å²) in [6.45, 7) is 0.159. The van der Waals surface area contributed by atoms with E-state index in [-0.39, 0.29) is 12.4 Å². The second-order valence-electron chi connectivity index (χ2n) is 6.10. The Morgan fingerprint density at radius 2 is 1.11 bits per heavy atom. The van der Waals surface area contributed by atoms with Gasteiger partial charge in [0.15, 0.2) is 11.6 Å². The number of hydrogen-bond donors (Lipinski definition) is 0. The minimum Gasteiger partial charge on any atom is -0.455 e. The van der Waals surface area contributed by atoms with Crippen molar-refractivity contribution in [1.82, 2.24) is 15.0 Å². The summed E-state index contributed by atoms with van der Waals surface area (Å²) in [6.07, 6.45) is 0. The second-order valence-corrected chi connectivity index (χ2v) is 6.10. The number of aromatic nitrogens is 3. The fourth-order valence-corrected chi connectivity index (χ4v) is 2.69. The van der Waals surface area contributed by atoms with E-state index in [1.54, 1.807) is 0 Å². The largest absolute Gasteiger partial charge is 0.455 e. The highest BCUT2D eigenvalue weighted by atomic mass is 16.5. The topological polar surface area (TPSA) is 65.0 Å². The molecule has 5 nitrogen and oxygen atoms in total. The van der Waals surface area contributed by atoms with Gasteiger partial charge in [-0.2, -0.15) is 0 Å².